The van der Waals surface area contributed by atoms with Gasteiger partial charge in [-0.15, -0.1) is 0 Å². The average Bonchev–Trinajstić information content (AvgIpc) is 3.76. The zero-order chi connectivity index (χ0) is 20.6. The molecule has 1 heteroatoms. The first-order valence-corrected chi connectivity index (χ1v) is 10.8. The highest BCUT2D eigenvalue weighted by Crippen LogP contribution is 2.61. The van der Waals surface area contributed by atoms with Gasteiger partial charge in [-0.25, -0.2) is 0 Å². The Kier molecular flexibility index (Phi) is 4.32. The van der Waals surface area contributed by atoms with E-state index >= 15 is 0 Å². The summed E-state index contributed by atoms with van der Waals surface area (Å²) in [6, 6.07) is 42.5. The molecule has 0 saturated carbocycles. The molecule has 148 valence electrons. The molecule has 31 heavy (non-hydrogen) atoms. The molecule has 0 spiro atoms. The lowest BCUT2D eigenvalue weighted by molar-refractivity contribution is 0.329. The predicted octanol–water partition coefficient (Wildman–Crippen LogP) is 7.42. The summed E-state index contributed by atoms with van der Waals surface area (Å²) in [5.74, 6) is 2.62. The maximum absolute atomic E-state index is 6.70. The zero-order valence-corrected chi connectivity index (χ0v) is 17.1. The van der Waals surface area contributed by atoms with Gasteiger partial charge < -0.3 is 4.74 Å². The molecule has 0 radical (unpaired) electrons. The van der Waals surface area contributed by atoms with Gasteiger partial charge in [0.2, 0.25) is 0 Å². The second-order valence-corrected chi connectivity index (χ2v) is 8.08. The SMILES string of the molecule is c1ccc(C2=C(OC3=C(c4ccccc4)C3c3ccccc3)C2c2ccccc2)cc1. The van der Waals surface area contributed by atoms with Gasteiger partial charge in [-0.1, -0.05) is 121 Å². The second-order valence-electron chi connectivity index (χ2n) is 8.08. The van der Waals surface area contributed by atoms with E-state index in [0.29, 0.717) is 0 Å². The van der Waals surface area contributed by atoms with Crippen LogP contribution in [-0.4, -0.2) is 0 Å². The number of rotatable bonds is 6. The van der Waals surface area contributed by atoms with E-state index in [2.05, 4.69) is 121 Å². The van der Waals surface area contributed by atoms with Crippen LogP contribution in [0.25, 0.3) is 11.1 Å². The highest BCUT2D eigenvalue weighted by atomic mass is 16.5. The van der Waals surface area contributed by atoms with E-state index in [0.717, 1.165) is 11.5 Å². The molecule has 0 heterocycles. The summed E-state index contributed by atoms with van der Waals surface area (Å²) >= 11 is 0. The van der Waals surface area contributed by atoms with Gasteiger partial charge in [-0.2, -0.15) is 0 Å². The molecule has 4 aromatic carbocycles. The van der Waals surface area contributed by atoms with Crippen molar-refractivity contribution in [3.63, 3.8) is 0 Å². The lowest BCUT2D eigenvalue weighted by Crippen LogP contribution is -1.88. The molecule has 4 aromatic rings. The third kappa shape index (κ3) is 3.29. The smallest absolute Gasteiger partial charge is 0.121 e. The molecule has 2 unspecified atom stereocenters. The average molecular weight is 399 g/mol. The van der Waals surface area contributed by atoms with E-state index in [1.165, 1.54) is 33.4 Å². The first-order chi connectivity index (χ1) is 15.4. The number of ether oxygens (including phenoxy) is 1. The second kappa shape index (κ2) is 7.45. The molecule has 2 aliphatic carbocycles. The number of allylic oxidation sites excluding steroid dienone is 4. The molecule has 0 bridgehead atoms. The van der Waals surface area contributed by atoms with Crippen LogP contribution in [-0.2, 0) is 4.74 Å². The Morgan fingerprint density at radius 2 is 0.710 bits per heavy atom. The molecule has 1 nitrogen and oxygen atoms in total. The van der Waals surface area contributed by atoms with Crippen LogP contribution in [0.2, 0.25) is 0 Å². The lowest BCUT2D eigenvalue weighted by Gasteiger charge is -2.04. The highest BCUT2D eigenvalue weighted by Gasteiger charge is 2.48. The molecule has 0 aliphatic heterocycles. The van der Waals surface area contributed by atoms with Gasteiger partial charge >= 0.3 is 0 Å². The van der Waals surface area contributed by atoms with Crippen molar-refractivity contribution >= 4 is 11.1 Å². The van der Waals surface area contributed by atoms with Crippen LogP contribution in [0.1, 0.15) is 34.1 Å². The van der Waals surface area contributed by atoms with Gasteiger partial charge in [-0.05, 0) is 22.3 Å². The predicted molar refractivity (Wildman–Crippen MR) is 126 cm³/mol. The van der Waals surface area contributed by atoms with Crippen LogP contribution < -0.4 is 0 Å². The molecule has 0 saturated heterocycles. The molecular formula is C30H22O. The third-order valence-electron chi connectivity index (χ3n) is 6.12. The van der Waals surface area contributed by atoms with Crippen molar-refractivity contribution in [3.8, 4) is 0 Å². The van der Waals surface area contributed by atoms with Gasteiger partial charge in [-0.3, -0.25) is 0 Å². The number of benzene rings is 4. The molecular weight excluding hydrogens is 376 g/mol. The largest absolute Gasteiger partial charge is 0.463 e. The van der Waals surface area contributed by atoms with Crippen molar-refractivity contribution < 1.29 is 4.74 Å². The molecule has 6 rings (SSSR count). The first kappa shape index (κ1) is 18.0. The van der Waals surface area contributed by atoms with E-state index in [9.17, 15) is 0 Å². The molecule has 2 aliphatic rings. The van der Waals surface area contributed by atoms with Gasteiger partial charge in [0, 0.05) is 11.1 Å². The standard InChI is InChI=1S/C30H22O/c1-5-13-21(14-6-1)25-26(22-15-7-2-8-16-22)29(25)31-30-27(23-17-9-3-10-18-23)28(30)24-19-11-4-12-20-24/h1-20,25,27H. The summed E-state index contributed by atoms with van der Waals surface area (Å²) in [6.07, 6.45) is 0. The van der Waals surface area contributed by atoms with Crippen molar-refractivity contribution in [2.24, 2.45) is 0 Å². The molecule has 0 amide bonds. The molecule has 0 fully saturated rings. The van der Waals surface area contributed by atoms with Crippen LogP contribution in [0.5, 0.6) is 0 Å². The van der Waals surface area contributed by atoms with Crippen molar-refractivity contribution in [1.82, 2.24) is 0 Å². The van der Waals surface area contributed by atoms with Gasteiger partial charge in [0.15, 0.2) is 0 Å². The minimum absolute atomic E-state index is 0.227. The summed E-state index contributed by atoms with van der Waals surface area (Å²) in [7, 11) is 0. The Morgan fingerprint density at radius 3 is 1.06 bits per heavy atom. The minimum Gasteiger partial charge on any atom is -0.463 e. The van der Waals surface area contributed by atoms with Crippen LogP contribution >= 0.6 is 0 Å². The third-order valence-corrected chi connectivity index (χ3v) is 6.12. The Hall–Kier alpha value is -3.84. The van der Waals surface area contributed by atoms with E-state index in [1.807, 2.05) is 0 Å². The Labute approximate surface area is 183 Å². The van der Waals surface area contributed by atoms with Gasteiger partial charge in [0.1, 0.15) is 11.5 Å². The van der Waals surface area contributed by atoms with Crippen molar-refractivity contribution in [1.29, 1.82) is 0 Å². The monoisotopic (exact) mass is 398 g/mol. The normalized spacial score (nSPS) is 19.4. The summed E-state index contributed by atoms with van der Waals surface area (Å²) in [4.78, 5) is 0. The van der Waals surface area contributed by atoms with Crippen LogP contribution in [0.3, 0.4) is 0 Å². The quantitative estimate of drug-likeness (QED) is 0.328. The summed E-state index contributed by atoms with van der Waals surface area (Å²) in [5, 5.41) is 0. The van der Waals surface area contributed by atoms with Crippen molar-refractivity contribution in [2.75, 3.05) is 0 Å². The number of hydrogen-bond acceptors (Lipinski definition) is 1. The Morgan fingerprint density at radius 1 is 0.387 bits per heavy atom. The Bertz CT molecular complexity index is 1170. The van der Waals surface area contributed by atoms with E-state index in [4.69, 9.17) is 4.74 Å². The Balaban J connectivity index is 1.38. The first-order valence-electron chi connectivity index (χ1n) is 10.8. The van der Waals surface area contributed by atoms with Crippen LogP contribution in [0, 0.1) is 0 Å². The summed E-state index contributed by atoms with van der Waals surface area (Å²) in [6.45, 7) is 0. The summed E-state index contributed by atoms with van der Waals surface area (Å²) < 4.78 is 6.70. The van der Waals surface area contributed by atoms with Gasteiger partial charge in [0.25, 0.3) is 0 Å². The van der Waals surface area contributed by atoms with E-state index in [1.54, 1.807) is 0 Å². The fourth-order valence-corrected chi connectivity index (χ4v) is 4.53. The van der Waals surface area contributed by atoms with Crippen LogP contribution in [0.15, 0.2) is 133 Å². The zero-order valence-electron chi connectivity index (χ0n) is 17.1. The van der Waals surface area contributed by atoms with Crippen LogP contribution in [0.4, 0.5) is 0 Å². The van der Waals surface area contributed by atoms with E-state index < -0.39 is 0 Å². The topological polar surface area (TPSA) is 9.23 Å². The highest BCUT2D eigenvalue weighted by molar-refractivity contribution is 5.93. The fourth-order valence-electron chi connectivity index (χ4n) is 4.53. The van der Waals surface area contributed by atoms with E-state index in [-0.39, 0.29) is 11.8 Å². The van der Waals surface area contributed by atoms with Crippen molar-refractivity contribution in [3.05, 3.63) is 155 Å². The van der Waals surface area contributed by atoms with Gasteiger partial charge in [0.05, 0.1) is 11.8 Å². The number of hydrogen-bond donors (Lipinski definition) is 0. The maximum atomic E-state index is 6.70. The summed E-state index contributed by atoms with van der Waals surface area (Å²) in [5.41, 5.74) is 7.65. The molecule has 0 aromatic heterocycles. The molecule has 0 N–H and O–H groups in total. The fraction of sp³-hybridized carbons (Fsp3) is 0.0667. The van der Waals surface area contributed by atoms with Crippen molar-refractivity contribution in [2.45, 2.75) is 11.8 Å². The maximum Gasteiger partial charge on any atom is 0.121 e. The molecule has 2 atom stereocenters. The lowest BCUT2D eigenvalue weighted by atomic mass is 10.0. The minimum atomic E-state index is 0.227.